The molecule has 0 atom stereocenters. The first kappa shape index (κ1) is 13.3. The van der Waals surface area contributed by atoms with Crippen molar-refractivity contribution in [2.24, 2.45) is 0 Å². The summed E-state index contributed by atoms with van der Waals surface area (Å²) in [5, 5.41) is 0. The zero-order valence-electron chi connectivity index (χ0n) is 9.51. The number of halogens is 3. The lowest BCUT2D eigenvalue weighted by Crippen LogP contribution is -2.20. The van der Waals surface area contributed by atoms with Gasteiger partial charge in [-0.3, -0.25) is 0 Å². The average molecular weight is 248 g/mol. The molecule has 0 saturated carbocycles. The van der Waals surface area contributed by atoms with Crippen molar-refractivity contribution in [3.63, 3.8) is 0 Å². The molecule has 6 heteroatoms. The average Bonchev–Trinajstić information content (AvgIpc) is 2.13. The molecule has 0 N–H and O–H groups in total. The molecule has 0 aliphatic carbocycles. The molecule has 94 valence electrons. The van der Waals surface area contributed by atoms with Crippen LogP contribution in [0.2, 0.25) is 0 Å². The maximum absolute atomic E-state index is 12.2. The van der Waals surface area contributed by atoms with Gasteiger partial charge >= 0.3 is 12.3 Å². The molecule has 0 unspecified atom stereocenters. The SMILES string of the molecule is COC(=O)c1c(C)cc(C)cc1OC(F)(F)F. The second-order valence-corrected chi connectivity index (χ2v) is 3.49. The monoisotopic (exact) mass is 248 g/mol. The molecule has 0 spiro atoms. The molecule has 3 nitrogen and oxygen atoms in total. The largest absolute Gasteiger partial charge is 0.573 e. The summed E-state index contributed by atoms with van der Waals surface area (Å²) in [6, 6.07) is 2.72. The molecule has 0 heterocycles. The fraction of sp³-hybridized carbons (Fsp3) is 0.364. The first-order valence-electron chi connectivity index (χ1n) is 4.70. The van der Waals surface area contributed by atoms with Crippen LogP contribution in [0.15, 0.2) is 12.1 Å². The van der Waals surface area contributed by atoms with Gasteiger partial charge in [-0.05, 0) is 31.0 Å². The molecule has 0 saturated heterocycles. The number of hydrogen-bond acceptors (Lipinski definition) is 3. The van der Waals surface area contributed by atoms with Gasteiger partial charge in [0, 0.05) is 0 Å². The van der Waals surface area contributed by atoms with Crippen LogP contribution >= 0.6 is 0 Å². The van der Waals surface area contributed by atoms with Crippen LogP contribution in [0.4, 0.5) is 13.2 Å². The summed E-state index contributed by atoms with van der Waals surface area (Å²) in [4.78, 5) is 11.4. The van der Waals surface area contributed by atoms with Crippen LogP contribution < -0.4 is 4.74 Å². The smallest absolute Gasteiger partial charge is 0.465 e. The summed E-state index contributed by atoms with van der Waals surface area (Å²) in [5.74, 6) is -1.40. The van der Waals surface area contributed by atoms with E-state index < -0.39 is 18.1 Å². The van der Waals surface area contributed by atoms with Crippen molar-refractivity contribution in [1.29, 1.82) is 0 Å². The van der Waals surface area contributed by atoms with Gasteiger partial charge in [-0.15, -0.1) is 13.2 Å². The van der Waals surface area contributed by atoms with Crippen molar-refractivity contribution in [1.82, 2.24) is 0 Å². The van der Waals surface area contributed by atoms with Crippen molar-refractivity contribution >= 4 is 5.97 Å². The van der Waals surface area contributed by atoms with Gasteiger partial charge in [0.25, 0.3) is 0 Å². The second kappa shape index (κ2) is 4.65. The Bertz CT molecular complexity index is 438. The fourth-order valence-corrected chi connectivity index (χ4v) is 1.50. The molecular formula is C11H11F3O3. The zero-order chi connectivity index (χ0) is 13.2. The van der Waals surface area contributed by atoms with E-state index in [1.54, 1.807) is 13.0 Å². The summed E-state index contributed by atoms with van der Waals surface area (Å²) in [5.41, 5.74) is 0.723. The Morgan fingerprint density at radius 2 is 1.82 bits per heavy atom. The lowest BCUT2D eigenvalue weighted by Gasteiger charge is -2.14. The van der Waals surface area contributed by atoms with E-state index >= 15 is 0 Å². The van der Waals surface area contributed by atoms with Crippen LogP contribution in [-0.2, 0) is 4.74 Å². The lowest BCUT2D eigenvalue weighted by molar-refractivity contribution is -0.274. The van der Waals surface area contributed by atoms with Crippen LogP contribution in [0.3, 0.4) is 0 Å². The van der Waals surface area contributed by atoms with Crippen LogP contribution in [0, 0.1) is 13.8 Å². The van der Waals surface area contributed by atoms with Crippen LogP contribution in [0.1, 0.15) is 21.5 Å². The predicted molar refractivity (Wildman–Crippen MR) is 53.9 cm³/mol. The van der Waals surface area contributed by atoms with E-state index in [1.165, 1.54) is 6.92 Å². The minimum atomic E-state index is -4.84. The van der Waals surface area contributed by atoms with Gasteiger partial charge in [0.15, 0.2) is 0 Å². The molecule has 0 radical (unpaired) electrons. The molecule has 17 heavy (non-hydrogen) atoms. The highest BCUT2D eigenvalue weighted by molar-refractivity contribution is 5.94. The normalized spacial score (nSPS) is 11.2. The minimum absolute atomic E-state index is 0.213. The lowest BCUT2D eigenvalue weighted by atomic mass is 10.0. The Morgan fingerprint density at radius 3 is 2.29 bits per heavy atom. The van der Waals surface area contributed by atoms with Gasteiger partial charge in [0.2, 0.25) is 0 Å². The van der Waals surface area contributed by atoms with E-state index in [9.17, 15) is 18.0 Å². The number of carbonyl (C=O) groups is 1. The van der Waals surface area contributed by atoms with Crippen molar-refractivity contribution in [3.05, 3.63) is 28.8 Å². The molecule has 1 aromatic rings. The van der Waals surface area contributed by atoms with E-state index in [4.69, 9.17) is 0 Å². The van der Waals surface area contributed by atoms with Crippen LogP contribution in [-0.4, -0.2) is 19.4 Å². The first-order chi connectivity index (χ1) is 7.74. The number of hydrogen-bond donors (Lipinski definition) is 0. The standard InChI is InChI=1S/C11H11F3O3/c1-6-4-7(2)9(10(15)16-3)8(5-6)17-11(12,13)14/h4-5H,1-3H3. The van der Waals surface area contributed by atoms with E-state index in [2.05, 4.69) is 9.47 Å². The van der Waals surface area contributed by atoms with Gasteiger partial charge in [0.1, 0.15) is 11.3 Å². The molecule has 1 aromatic carbocycles. The van der Waals surface area contributed by atoms with Crippen LogP contribution in [0.25, 0.3) is 0 Å². The number of ether oxygens (including phenoxy) is 2. The minimum Gasteiger partial charge on any atom is -0.465 e. The first-order valence-corrected chi connectivity index (χ1v) is 4.70. The third-order valence-electron chi connectivity index (χ3n) is 2.06. The van der Waals surface area contributed by atoms with Crippen molar-refractivity contribution in [3.8, 4) is 5.75 Å². The number of esters is 1. The molecule has 0 aromatic heterocycles. The maximum atomic E-state index is 12.2. The number of benzene rings is 1. The van der Waals surface area contributed by atoms with Gasteiger partial charge < -0.3 is 9.47 Å². The third-order valence-corrected chi connectivity index (χ3v) is 2.06. The Balaban J connectivity index is 3.30. The summed E-state index contributed by atoms with van der Waals surface area (Å²) < 4.78 is 44.8. The molecule has 0 aliphatic rings. The van der Waals surface area contributed by atoms with Gasteiger partial charge in [-0.1, -0.05) is 6.07 Å². The van der Waals surface area contributed by atoms with Gasteiger partial charge in [-0.25, -0.2) is 4.79 Å². The third kappa shape index (κ3) is 3.37. The maximum Gasteiger partial charge on any atom is 0.573 e. The van der Waals surface area contributed by atoms with E-state index in [0.717, 1.165) is 13.2 Å². The van der Waals surface area contributed by atoms with E-state index in [1.807, 2.05) is 0 Å². The molecule has 0 bridgehead atoms. The summed E-state index contributed by atoms with van der Waals surface area (Å²) >= 11 is 0. The molecule has 0 amide bonds. The Hall–Kier alpha value is -1.72. The number of aryl methyl sites for hydroxylation is 2. The highest BCUT2D eigenvalue weighted by Gasteiger charge is 2.33. The molecule has 1 rings (SSSR count). The van der Waals surface area contributed by atoms with Crippen LogP contribution in [0.5, 0.6) is 5.75 Å². The highest BCUT2D eigenvalue weighted by atomic mass is 19.4. The summed E-state index contributed by atoms with van der Waals surface area (Å²) in [6.07, 6.45) is -4.84. The van der Waals surface area contributed by atoms with Crippen molar-refractivity contribution in [2.45, 2.75) is 20.2 Å². The second-order valence-electron chi connectivity index (χ2n) is 3.49. The molecule has 0 fully saturated rings. The molecular weight excluding hydrogens is 237 g/mol. The number of alkyl halides is 3. The van der Waals surface area contributed by atoms with Gasteiger partial charge in [0.05, 0.1) is 7.11 Å². The van der Waals surface area contributed by atoms with Gasteiger partial charge in [-0.2, -0.15) is 0 Å². The number of carbonyl (C=O) groups excluding carboxylic acids is 1. The zero-order valence-corrected chi connectivity index (χ0v) is 9.51. The van der Waals surface area contributed by atoms with Crippen molar-refractivity contribution in [2.75, 3.05) is 7.11 Å². The molecule has 0 aliphatic heterocycles. The predicted octanol–water partition coefficient (Wildman–Crippen LogP) is 2.99. The topological polar surface area (TPSA) is 35.5 Å². The Kier molecular flexibility index (Phi) is 3.65. The van der Waals surface area contributed by atoms with E-state index in [0.29, 0.717) is 11.1 Å². The van der Waals surface area contributed by atoms with E-state index in [-0.39, 0.29) is 5.56 Å². The summed E-state index contributed by atoms with van der Waals surface area (Å²) in [6.45, 7) is 3.12. The van der Waals surface area contributed by atoms with Crippen molar-refractivity contribution < 1.29 is 27.4 Å². The summed E-state index contributed by atoms with van der Waals surface area (Å²) in [7, 11) is 1.10. The number of rotatable bonds is 2. The quantitative estimate of drug-likeness (QED) is 0.755. The highest BCUT2D eigenvalue weighted by Crippen LogP contribution is 2.30. The number of methoxy groups -OCH3 is 1. The Morgan fingerprint density at radius 1 is 1.24 bits per heavy atom. The fourth-order valence-electron chi connectivity index (χ4n) is 1.50. The Labute approximate surface area is 96.1 Å².